The molecule has 1 unspecified atom stereocenters. The van der Waals surface area contributed by atoms with Gasteiger partial charge in [0.2, 0.25) is 6.10 Å². The monoisotopic (exact) mass is 406 g/mol. The largest absolute Gasteiger partial charge is 0.447 e. The molecule has 0 saturated carbocycles. The fourth-order valence-electron chi connectivity index (χ4n) is 3.79. The van der Waals surface area contributed by atoms with Crippen molar-refractivity contribution in [1.29, 1.82) is 0 Å². The molecule has 1 saturated heterocycles. The quantitative estimate of drug-likeness (QED) is 0.608. The number of morpholine rings is 1. The van der Waals surface area contributed by atoms with Gasteiger partial charge in [-0.2, -0.15) is 0 Å². The zero-order valence-electron chi connectivity index (χ0n) is 16.9. The standard InChI is InChI=1S/C24H26N2O4/c27-22(12-6-9-19-17-25-21-11-5-4-10-20(19)21)30-23(18-7-2-1-3-8-18)24(28)26-13-15-29-16-14-26/h1-5,7-8,10-11,17,23,25H,6,9,12-16H2. The van der Waals surface area contributed by atoms with E-state index < -0.39 is 6.10 Å². The number of fused-ring (bicyclic) bond motifs is 1. The fraction of sp³-hybridized carbons (Fsp3) is 0.333. The minimum Gasteiger partial charge on any atom is -0.447 e. The van der Waals surface area contributed by atoms with Crippen LogP contribution in [-0.2, 0) is 25.5 Å². The van der Waals surface area contributed by atoms with Crippen molar-refractivity contribution >= 4 is 22.8 Å². The number of hydrogen-bond donors (Lipinski definition) is 1. The Morgan fingerprint density at radius 2 is 1.77 bits per heavy atom. The minimum absolute atomic E-state index is 0.186. The van der Waals surface area contributed by atoms with Gasteiger partial charge in [0.05, 0.1) is 13.2 Å². The van der Waals surface area contributed by atoms with Gasteiger partial charge in [0.25, 0.3) is 5.91 Å². The third kappa shape index (κ3) is 4.71. The number of para-hydroxylation sites is 1. The van der Waals surface area contributed by atoms with Gasteiger partial charge in [-0.15, -0.1) is 0 Å². The molecular formula is C24H26N2O4. The van der Waals surface area contributed by atoms with Crippen LogP contribution >= 0.6 is 0 Å². The van der Waals surface area contributed by atoms with E-state index in [9.17, 15) is 9.59 Å². The highest BCUT2D eigenvalue weighted by Gasteiger charge is 2.30. The van der Waals surface area contributed by atoms with Crippen LogP contribution in [0.4, 0.5) is 0 Å². The lowest BCUT2D eigenvalue weighted by Gasteiger charge is -2.30. The first-order valence-electron chi connectivity index (χ1n) is 10.4. The number of rotatable bonds is 7. The smallest absolute Gasteiger partial charge is 0.306 e. The summed E-state index contributed by atoms with van der Waals surface area (Å²) in [5, 5.41) is 1.18. The zero-order chi connectivity index (χ0) is 20.8. The van der Waals surface area contributed by atoms with E-state index in [1.54, 1.807) is 4.90 Å². The second-order valence-electron chi connectivity index (χ2n) is 7.43. The van der Waals surface area contributed by atoms with E-state index in [-0.39, 0.29) is 18.3 Å². The lowest BCUT2D eigenvalue weighted by molar-refractivity contribution is -0.162. The Morgan fingerprint density at radius 1 is 1.03 bits per heavy atom. The molecular weight excluding hydrogens is 380 g/mol. The Morgan fingerprint density at radius 3 is 2.57 bits per heavy atom. The molecule has 2 heterocycles. The Labute approximate surface area is 175 Å². The molecule has 0 aliphatic carbocycles. The number of esters is 1. The van der Waals surface area contributed by atoms with Crippen molar-refractivity contribution in [3.8, 4) is 0 Å². The summed E-state index contributed by atoms with van der Waals surface area (Å²) in [7, 11) is 0. The average Bonchev–Trinajstić information content (AvgIpc) is 3.21. The van der Waals surface area contributed by atoms with E-state index in [1.807, 2.05) is 54.7 Å². The summed E-state index contributed by atoms with van der Waals surface area (Å²) in [5.74, 6) is -0.542. The van der Waals surface area contributed by atoms with Crippen molar-refractivity contribution < 1.29 is 19.1 Å². The Bertz CT molecular complexity index is 993. The summed E-state index contributed by atoms with van der Waals surface area (Å²) in [5.41, 5.74) is 2.97. The zero-order valence-corrected chi connectivity index (χ0v) is 16.9. The molecule has 156 valence electrons. The molecule has 1 amide bonds. The molecule has 0 spiro atoms. The van der Waals surface area contributed by atoms with Gasteiger partial charge in [0, 0.05) is 42.2 Å². The number of carbonyl (C=O) groups excluding carboxylic acids is 2. The maximum Gasteiger partial charge on any atom is 0.306 e. The molecule has 1 aliphatic heterocycles. The highest BCUT2D eigenvalue weighted by molar-refractivity contribution is 5.85. The average molecular weight is 406 g/mol. The van der Waals surface area contributed by atoms with Gasteiger partial charge >= 0.3 is 5.97 Å². The predicted octanol–water partition coefficient (Wildman–Crippen LogP) is 3.63. The summed E-state index contributed by atoms with van der Waals surface area (Å²) in [6.45, 7) is 2.04. The lowest BCUT2D eigenvalue weighted by atomic mass is 10.1. The van der Waals surface area contributed by atoms with Gasteiger partial charge < -0.3 is 19.4 Å². The molecule has 1 atom stereocenters. The van der Waals surface area contributed by atoms with Gasteiger partial charge in [0.1, 0.15) is 0 Å². The van der Waals surface area contributed by atoms with Crippen LogP contribution < -0.4 is 0 Å². The first-order valence-corrected chi connectivity index (χ1v) is 10.4. The van der Waals surface area contributed by atoms with Gasteiger partial charge in [-0.25, -0.2) is 0 Å². The number of H-pyrrole nitrogens is 1. The number of nitrogens with zero attached hydrogens (tertiary/aromatic N) is 1. The van der Waals surface area contributed by atoms with Crippen LogP contribution in [-0.4, -0.2) is 48.1 Å². The van der Waals surface area contributed by atoms with Crippen molar-refractivity contribution in [3.63, 3.8) is 0 Å². The second-order valence-corrected chi connectivity index (χ2v) is 7.43. The van der Waals surface area contributed by atoms with Crippen molar-refractivity contribution in [2.24, 2.45) is 0 Å². The van der Waals surface area contributed by atoms with Crippen LogP contribution in [0.3, 0.4) is 0 Å². The van der Waals surface area contributed by atoms with Gasteiger partial charge in [-0.05, 0) is 24.5 Å². The fourth-order valence-corrected chi connectivity index (χ4v) is 3.79. The Kier molecular flexibility index (Phi) is 6.44. The van der Waals surface area contributed by atoms with Crippen molar-refractivity contribution in [2.75, 3.05) is 26.3 Å². The van der Waals surface area contributed by atoms with Crippen LogP contribution in [0.25, 0.3) is 10.9 Å². The lowest BCUT2D eigenvalue weighted by Crippen LogP contribution is -2.44. The number of aromatic nitrogens is 1. The molecule has 3 aromatic rings. The molecule has 1 N–H and O–H groups in total. The van der Waals surface area contributed by atoms with Crippen molar-refractivity contribution in [1.82, 2.24) is 9.88 Å². The highest BCUT2D eigenvalue weighted by Crippen LogP contribution is 2.23. The number of aromatic amines is 1. The Hall–Kier alpha value is -3.12. The molecule has 30 heavy (non-hydrogen) atoms. The van der Waals surface area contributed by atoms with Crippen LogP contribution in [0.5, 0.6) is 0 Å². The summed E-state index contributed by atoms with van der Waals surface area (Å²) in [6.07, 6.45) is 2.77. The van der Waals surface area contributed by atoms with Crippen molar-refractivity contribution in [2.45, 2.75) is 25.4 Å². The number of hydrogen-bond acceptors (Lipinski definition) is 4. The predicted molar refractivity (Wildman–Crippen MR) is 114 cm³/mol. The van der Waals surface area contributed by atoms with E-state index in [0.29, 0.717) is 38.3 Å². The first-order chi connectivity index (χ1) is 14.7. The van der Waals surface area contributed by atoms with Crippen molar-refractivity contribution in [3.05, 3.63) is 71.9 Å². The molecule has 1 aliphatic rings. The molecule has 0 bridgehead atoms. The highest BCUT2D eigenvalue weighted by atomic mass is 16.5. The number of carbonyl (C=O) groups is 2. The molecule has 0 radical (unpaired) electrons. The number of ether oxygens (including phenoxy) is 2. The Balaban J connectivity index is 1.38. The number of benzene rings is 2. The molecule has 4 rings (SSSR count). The topological polar surface area (TPSA) is 71.6 Å². The molecule has 6 nitrogen and oxygen atoms in total. The number of nitrogens with one attached hydrogen (secondary N) is 1. The third-order valence-electron chi connectivity index (χ3n) is 5.40. The van der Waals surface area contributed by atoms with Crippen LogP contribution in [0.1, 0.15) is 30.1 Å². The molecule has 1 fully saturated rings. The normalized spacial score (nSPS) is 15.1. The summed E-state index contributed by atoms with van der Waals surface area (Å²) >= 11 is 0. The van der Waals surface area contributed by atoms with E-state index >= 15 is 0 Å². The summed E-state index contributed by atoms with van der Waals surface area (Å²) in [6, 6.07) is 17.3. The van der Waals surface area contributed by atoms with Gasteiger partial charge in [0.15, 0.2) is 0 Å². The van der Waals surface area contributed by atoms with Crippen LogP contribution in [0.15, 0.2) is 60.8 Å². The van der Waals surface area contributed by atoms with Gasteiger partial charge in [-0.3, -0.25) is 9.59 Å². The maximum absolute atomic E-state index is 13.0. The second kappa shape index (κ2) is 9.59. The molecule has 1 aromatic heterocycles. The van der Waals surface area contributed by atoms with E-state index in [4.69, 9.17) is 9.47 Å². The number of amides is 1. The third-order valence-corrected chi connectivity index (χ3v) is 5.40. The summed E-state index contributed by atoms with van der Waals surface area (Å²) < 4.78 is 11.0. The van der Waals surface area contributed by atoms with E-state index in [2.05, 4.69) is 11.1 Å². The van der Waals surface area contributed by atoms with E-state index in [1.165, 1.54) is 10.9 Å². The van der Waals surface area contributed by atoms with E-state index in [0.717, 1.165) is 11.9 Å². The first kappa shape index (κ1) is 20.2. The molecule has 2 aromatic carbocycles. The van der Waals surface area contributed by atoms with Crippen LogP contribution in [0.2, 0.25) is 0 Å². The number of aryl methyl sites for hydroxylation is 1. The summed E-state index contributed by atoms with van der Waals surface area (Å²) in [4.78, 5) is 30.6. The van der Waals surface area contributed by atoms with Crippen LogP contribution in [0, 0.1) is 0 Å². The maximum atomic E-state index is 13.0. The minimum atomic E-state index is -0.912. The SMILES string of the molecule is O=C(CCCc1c[nH]c2ccccc12)OC(C(=O)N1CCOCC1)c1ccccc1. The van der Waals surface area contributed by atoms with Gasteiger partial charge in [-0.1, -0.05) is 48.5 Å². The molecule has 6 heteroatoms.